The van der Waals surface area contributed by atoms with E-state index < -0.39 is 29.5 Å². The van der Waals surface area contributed by atoms with Gasteiger partial charge in [-0.25, -0.2) is 14.6 Å². The van der Waals surface area contributed by atoms with E-state index >= 15 is 0 Å². The number of para-hydroxylation sites is 1. The van der Waals surface area contributed by atoms with Gasteiger partial charge in [0.15, 0.2) is 18.1 Å². The van der Waals surface area contributed by atoms with E-state index in [2.05, 4.69) is 15.8 Å². The van der Waals surface area contributed by atoms with E-state index in [9.17, 15) is 18.8 Å². The SMILES string of the molecule is CCOC(=O)COc1c(I)cc(C=NNC(=O)C(C)C(=O)Nc2ccccc2F)cc1OC. The molecule has 176 valence electrons. The standard InChI is InChI=1S/C22H23FIN3O6/c1-4-32-19(28)12-33-20-16(24)9-14(10-18(20)31-3)11-25-27-22(30)13(2)21(29)26-17-8-6-5-7-15(17)23/h5-11,13H,4,12H2,1-3H3,(H,26,29)(H,27,30). The Kier molecular flexibility index (Phi) is 10.0. The molecule has 0 saturated heterocycles. The maximum atomic E-state index is 13.7. The van der Waals surface area contributed by atoms with Crippen LogP contribution < -0.4 is 20.2 Å². The molecule has 0 aliphatic rings. The highest BCUT2D eigenvalue weighted by Crippen LogP contribution is 2.33. The minimum Gasteiger partial charge on any atom is -0.493 e. The van der Waals surface area contributed by atoms with E-state index in [-0.39, 0.29) is 18.9 Å². The van der Waals surface area contributed by atoms with Crippen molar-refractivity contribution in [3.8, 4) is 11.5 Å². The Morgan fingerprint density at radius 2 is 1.94 bits per heavy atom. The van der Waals surface area contributed by atoms with E-state index in [0.29, 0.717) is 20.6 Å². The van der Waals surface area contributed by atoms with Crippen molar-refractivity contribution in [2.24, 2.45) is 11.0 Å². The molecule has 9 nitrogen and oxygen atoms in total. The Balaban J connectivity index is 2.00. The first-order valence-electron chi connectivity index (χ1n) is 9.81. The van der Waals surface area contributed by atoms with Gasteiger partial charge in [-0.1, -0.05) is 12.1 Å². The fourth-order valence-corrected chi connectivity index (χ4v) is 3.26. The average Bonchev–Trinajstić information content (AvgIpc) is 2.79. The number of hydrogen-bond acceptors (Lipinski definition) is 7. The van der Waals surface area contributed by atoms with E-state index in [0.717, 1.165) is 0 Å². The van der Waals surface area contributed by atoms with Crippen LogP contribution in [0.5, 0.6) is 11.5 Å². The monoisotopic (exact) mass is 571 g/mol. The van der Waals surface area contributed by atoms with Gasteiger partial charge in [0.05, 0.1) is 29.2 Å². The second-order valence-electron chi connectivity index (χ2n) is 6.55. The minimum atomic E-state index is -1.12. The van der Waals surface area contributed by atoms with Gasteiger partial charge in [0, 0.05) is 0 Å². The van der Waals surface area contributed by atoms with Crippen LogP contribution in [0.3, 0.4) is 0 Å². The number of rotatable bonds is 10. The maximum absolute atomic E-state index is 13.7. The van der Waals surface area contributed by atoms with Crippen molar-refractivity contribution in [3.05, 3.63) is 51.3 Å². The molecule has 0 heterocycles. The topological polar surface area (TPSA) is 115 Å². The van der Waals surface area contributed by atoms with Crippen molar-refractivity contribution in [2.45, 2.75) is 13.8 Å². The third-order valence-electron chi connectivity index (χ3n) is 4.20. The lowest BCUT2D eigenvalue weighted by atomic mass is 10.1. The molecule has 2 amide bonds. The van der Waals surface area contributed by atoms with Gasteiger partial charge in [0.1, 0.15) is 11.7 Å². The molecule has 2 rings (SSSR count). The quantitative estimate of drug-likeness (QED) is 0.149. The predicted octanol–water partition coefficient (Wildman–Crippen LogP) is 3.11. The van der Waals surface area contributed by atoms with Crippen LogP contribution in [0, 0.1) is 15.3 Å². The van der Waals surface area contributed by atoms with Gasteiger partial charge in [-0.05, 0) is 66.3 Å². The number of anilines is 1. The summed E-state index contributed by atoms with van der Waals surface area (Å²) in [6.45, 7) is 3.06. The molecule has 33 heavy (non-hydrogen) atoms. The van der Waals surface area contributed by atoms with Crippen LogP contribution in [0.15, 0.2) is 41.5 Å². The summed E-state index contributed by atoms with van der Waals surface area (Å²) < 4.78 is 29.9. The molecule has 0 saturated carbocycles. The number of carbonyl (C=O) groups is 3. The molecular weight excluding hydrogens is 548 g/mol. The number of methoxy groups -OCH3 is 1. The number of benzene rings is 2. The minimum absolute atomic E-state index is 0.0161. The molecule has 0 spiro atoms. The van der Waals surface area contributed by atoms with Crippen LogP contribution in [0.2, 0.25) is 0 Å². The molecule has 0 aliphatic carbocycles. The molecular formula is C22H23FIN3O6. The third-order valence-corrected chi connectivity index (χ3v) is 5.00. The molecule has 0 radical (unpaired) electrons. The van der Waals surface area contributed by atoms with Crippen molar-refractivity contribution < 1.29 is 33.0 Å². The Morgan fingerprint density at radius 1 is 1.21 bits per heavy atom. The van der Waals surface area contributed by atoms with Crippen LogP contribution in [0.1, 0.15) is 19.4 Å². The Hall–Kier alpha value is -3.22. The normalized spacial score (nSPS) is 11.5. The van der Waals surface area contributed by atoms with Gasteiger partial charge < -0.3 is 19.5 Å². The summed E-state index contributed by atoms with van der Waals surface area (Å²) in [5, 5.41) is 6.23. The van der Waals surface area contributed by atoms with Gasteiger partial charge in [0.2, 0.25) is 5.91 Å². The summed E-state index contributed by atoms with van der Waals surface area (Å²) in [5.41, 5.74) is 2.83. The molecule has 2 aromatic carbocycles. The van der Waals surface area contributed by atoms with Gasteiger partial charge in [-0.15, -0.1) is 0 Å². The summed E-state index contributed by atoms with van der Waals surface area (Å²) in [6, 6.07) is 8.96. The van der Waals surface area contributed by atoms with Gasteiger partial charge >= 0.3 is 5.97 Å². The fraction of sp³-hybridized carbons (Fsp3) is 0.273. The summed E-state index contributed by atoms with van der Waals surface area (Å²) >= 11 is 2.01. The maximum Gasteiger partial charge on any atom is 0.344 e. The van der Waals surface area contributed by atoms with Crippen molar-refractivity contribution in [1.29, 1.82) is 0 Å². The Morgan fingerprint density at radius 3 is 2.61 bits per heavy atom. The summed E-state index contributed by atoms with van der Waals surface area (Å²) in [7, 11) is 1.45. The van der Waals surface area contributed by atoms with E-state index in [4.69, 9.17) is 14.2 Å². The largest absolute Gasteiger partial charge is 0.493 e. The Bertz CT molecular complexity index is 1050. The highest BCUT2D eigenvalue weighted by molar-refractivity contribution is 14.1. The number of nitrogens with zero attached hydrogens (tertiary/aromatic N) is 1. The molecule has 11 heteroatoms. The smallest absolute Gasteiger partial charge is 0.344 e. The van der Waals surface area contributed by atoms with Gasteiger partial charge in [-0.2, -0.15) is 5.10 Å². The summed E-state index contributed by atoms with van der Waals surface area (Å²) in [6.07, 6.45) is 1.36. The van der Waals surface area contributed by atoms with Crippen molar-refractivity contribution >= 4 is 52.3 Å². The zero-order valence-electron chi connectivity index (χ0n) is 18.2. The summed E-state index contributed by atoms with van der Waals surface area (Å²) in [5.74, 6) is -2.84. The second kappa shape index (κ2) is 12.7. The molecule has 1 unspecified atom stereocenters. The van der Waals surface area contributed by atoms with Crippen molar-refractivity contribution in [1.82, 2.24) is 5.43 Å². The number of carbonyl (C=O) groups excluding carboxylic acids is 3. The number of ether oxygens (including phenoxy) is 3. The highest BCUT2D eigenvalue weighted by Gasteiger charge is 2.22. The number of hydrogen-bond donors (Lipinski definition) is 2. The first-order valence-corrected chi connectivity index (χ1v) is 10.9. The summed E-state index contributed by atoms with van der Waals surface area (Å²) in [4.78, 5) is 35.9. The van der Waals surface area contributed by atoms with Crippen molar-refractivity contribution in [2.75, 3.05) is 25.6 Å². The molecule has 2 aromatic rings. The van der Waals surface area contributed by atoms with Crippen LogP contribution in [-0.2, 0) is 19.1 Å². The van der Waals surface area contributed by atoms with Crippen LogP contribution in [0.25, 0.3) is 0 Å². The first kappa shape index (κ1) is 26.0. The molecule has 1 atom stereocenters. The highest BCUT2D eigenvalue weighted by atomic mass is 127. The molecule has 0 aliphatic heterocycles. The van der Waals surface area contributed by atoms with Gasteiger partial charge in [-0.3, -0.25) is 9.59 Å². The zero-order chi connectivity index (χ0) is 24.4. The lowest BCUT2D eigenvalue weighted by Crippen LogP contribution is -2.34. The first-order chi connectivity index (χ1) is 15.8. The lowest BCUT2D eigenvalue weighted by Gasteiger charge is -2.13. The number of hydrazone groups is 1. The second-order valence-corrected chi connectivity index (χ2v) is 7.72. The number of amides is 2. The molecule has 0 bridgehead atoms. The van der Waals surface area contributed by atoms with E-state index in [1.807, 2.05) is 22.6 Å². The molecule has 0 aromatic heterocycles. The van der Waals surface area contributed by atoms with E-state index in [1.54, 1.807) is 25.1 Å². The van der Waals surface area contributed by atoms with Crippen LogP contribution >= 0.6 is 22.6 Å². The molecule has 2 N–H and O–H groups in total. The fourth-order valence-electron chi connectivity index (χ4n) is 2.48. The van der Waals surface area contributed by atoms with Gasteiger partial charge in [0.25, 0.3) is 5.91 Å². The number of halogens is 2. The number of nitrogens with one attached hydrogen (secondary N) is 2. The average molecular weight is 571 g/mol. The van der Waals surface area contributed by atoms with Crippen molar-refractivity contribution in [3.63, 3.8) is 0 Å². The van der Waals surface area contributed by atoms with Crippen LogP contribution in [-0.4, -0.2) is 44.3 Å². The number of esters is 1. The lowest BCUT2D eigenvalue weighted by molar-refractivity contribution is -0.145. The Labute approximate surface area is 203 Å². The zero-order valence-corrected chi connectivity index (χ0v) is 20.3. The van der Waals surface area contributed by atoms with Crippen LogP contribution in [0.4, 0.5) is 10.1 Å². The third kappa shape index (κ3) is 7.70. The van der Waals surface area contributed by atoms with E-state index in [1.165, 1.54) is 38.4 Å². The molecule has 0 fully saturated rings. The predicted molar refractivity (Wildman–Crippen MR) is 128 cm³/mol.